The van der Waals surface area contributed by atoms with Gasteiger partial charge in [-0.3, -0.25) is 4.79 Å². The molecule has 0 fully saturated rings. The molecule has 1 aromatic carbocycles. The number of hydrogen-bond acceptors (Lipinski definition) is 2. The second kappa shape index (κ2) is 7.17. The second-order valence-corrected chi connectivity index (χ2v) is 5.74. The fourth-order valence-electron chi connectivity index (χ4n) is 1.81. The maximum absolute atomic E-state index is 11.6. The van der Waals surface area contributed by atoms with Gasteiger partial charge in [-0.15, -0.1) is 0 Å². The number of amides is 1. The van der Waals surface area contributed by atoms with Crippen LogP contribution in [0.15, 0.2) is 24.3 Å². The summed E-state index contributed by atoms with van der Waals surface area (Å²) < 4.78 is 5.64. The Balaban J connectivity index is 2.56. The van der Waals surface area contributed by atoms with Gasteiger partial charge in [-0.05, 0) is 23.5 Å². The van der Waals surface area contributed by atoms with Crippen LogP contribution in [0.2, 0.25) is 0 Å². The number of para-hydroxylation sites is 1. The molecule has 0 spiro atoms. The first kappa shape index (κ1) is 15.5. The van der Waals surface area contributed by atoms with Crippen molar-refractivity contribution in [2.75, 3.05) is 13.2 Å². The molecular formula is C16H25NO2. The van der Waals surface area contributed by atoms with Crippen molar-refractivity contribution in [2.45, 2.75) is 46.0 Å². The Hall–Kier alpha value is -1.51. The molecule has 3 heteroatoms. The molecule has 1 amide bonds. The van der Waals surface area contributed by atoms with Crippen molar-refractivity contribution >= 4 is 5.91 Å². The van der Waals surface area contributed by atoms with Gasteiger partial charge < -0.3 is 10.1 Å². The number of carbonyl (C=O) groups is 1. The Labute approximate surface area is 116 Å². The molecule has 0 heterocycles. The van der Waals surface area contributed by atoms with Gasteiger partial charge in [-0.2, -0.15) is 0 Å². The zero-order chi connectivity index (χ0) is 14.3. The van der Waals surface area contributed by atoms with E-state index in [2.05, 4.69) is 33.0 Å². The van der Waals surface area contributed by atoms with Crippen molar-refractivity contribution in [3.63, 3.8) is 0 Å². The molecule has 1 N–H and O–H groups in total. The van der Waals surface area contributed by atoms with Crippen LogP contribution in [0.4, 0.5) is 0 Å². The average Bonchev–Trinajstić information content (AvgIpc) is 2.36. The molecule has 106 valence electrons. The summed E-state index contributed by atoms with van der Waals surface area (Å²) in [6.07, 6.45) is 2.08. The Bertz CT molecular complexity index is 407. The molecule has 0 unspecified atom stereocenters. The first-order valence-corrected chi connectivity index (χ1v) is 6.94. The van der Waals surface area contributed by atoms with Gasteiger partial charge in [0.25, 0.3) is 5.91 Å². The molecule has 0 aromatic heterocycles. The quantitative estimate of drug-likeness (QED) is 0.800. The van der Waals surface area contributed by atoms with Crippen LogP contribution < -0.4 is 10.1 Å². The van der Waals surface area contributed by atoms with Gasteiger partial charge in [-0.25, -0.2) is 0 Å². The van der Waals surface area contributed by atoms with E-state index in [1.807, 2.05) is 24.3 Å². The Morgan fingerprint density at radius 2 is 1.95 bits per heavy atom. The van der Waals surface area contributed by atoms with Crippen LogP contribution in [0.3, 0.4) is 0 Å². The molecule has 1 rings (SSSR count). The number of ether oxygens (including phenoxy) is 1. The van der Waals surface area contributed by atoms with Crippen LogP contribution in [-0.2, 0) is 10.2 Å². The number of rotatable bonds is 6. The van der Waals surface area contributed by atoms with E-state index in [1.165, 1.54) is 0 Å². The van der Waals surface area contributed by atoms with Gasteiger partial charge in [0, 0.05) is 6.54 Å². The van der Waals surface area contributed by atoms with Gasteiger partial charge in [0.2, 0.25) is 0 Å². The monoisotopic (exact) mass is 263 g/mol. The summed E-state index contributed by atoms with van der Waals surface area (Å²) in [5, 5.41) is 2.85. The highest BCUT2D eigenvalue weighted by Crippen LogP contribution is 2.30. The lowest BCUT2D eigenvalue weighted by Gasteiger charge is -2.22. The highest BCUT2D eigenvalue weighted by molar-refractivity contribution is 5.77. The third-order valence-electron chi connectivity index (χ3n) is 2.91. The Morgan fingerprint density at radius 3 is 2.58 bits per heavy atom. The summed E-state index contributed by atoms with van der Waals surface area (Å²) in [5.41, 5.74) is 1.13. The standard InChI is InChI=1S/C16H25NO2/c1-5-6-11-17-15(18)12-19-14-10-8-7-9-13(14)16(2,3)4/h7-10H,5-6,11-12H2,1-4H3,(H,17,18). The molecule has 3 nitrogen and oxygen atoms in total. The SMILES string of the molecule is CCCCNC(=O)COc1ccccc1C(C)(C)C. The van der Waals surface area contributed by atoms with Crippen LogP contribution in [0.1, 0.15) is 46.1 Å². The zero-order valence-corrected chi connectivity index (χ0v) is 12.5. The summed E-state index contributed by atoms with van der Waals surface area (Å²) in [5.74, 6) is 0.734. The average molecular weight is 263 g/mol. The highest BCUT2D eigenvalue weighted by atomic mass is 16.5. The molecule has 1 aromatic rings. The number of unbranched alkanes of at least 4 members (excludes halogenated alkanes) is 1. The summed E-state index contributed by atoms with van der Waals surface area (Å²) in [7, 11) is 0. The van der Waals surface area contributed by atoms with Crippen molar-refractivity contribution < 1.29 is 9.53 Å². The normalized spacial score (nSPS) is 11.2. The summed E-state index contributed by atoms with van der Waals surface area (Å²) in [6, 6.07) is 7.89. The predicted octanol–water partition coefficient (Wildman–Crippen LogP) is 3.28. The molecule has 0 bridgehead atoms. The van der Waals surface area contributed by atoms with E-state index in [-0.39, 0.29) is 17.9 Å². The van der Waals surface area contributed by atoms with E-state index >= 15 is 0 Å². The van der Waals surface area contributed by atoms with E-state index in [1.54, 1.807) is 0 Å². The molecule has 0 aliphatic rings. The minimum atomic E-state index is -0.0582. The highest BCUT2D eigenvalue weighted by Gasteiger charge is 2.18. The Kier molecular flexibility index (Phi) is 5.87. The summed E-state index contributed by atoms with van der Waals surface area (Å²) >= 11 is 0. The van der Waals surface area contributed by atoms with E-state index in [9.17, 15) is 4.79 Å². The van der Waals surface area contributed by atoms with Crippen LogP contribution in [0, 0.1) is 0 Å². The van der Waals surface area contributed by atoms with Gasteiger partial charge in [0.15, 0.2) is 6.61 Å². The van der Waals surface area contributed by atoms with Crippen LogP contribution in [-0.4, -0.2) is 19.1 Å². The van der Waals surface area contributed by atoms with Gasteiger partial charge in [0.1, 0.15) is 5.75 Å². The molecular weight excluding hydrogens is 238 g/mol. The summed E-state index contributed by atoms with van der Waals surface area (Å²) in [4.78, 5) is 11.6. The van der Waals surface area contributed by atoms with Crippen LogP contribution >= 0.6 is 0 Å². The molecule has 0 aliphatic carbocycles. The van der Waals surface area contributed by atoms with Crippen molar-refractivity contribution in [3.05, 3.63) is 29.8 Å². The maximum Gasteiger partial charge on any atom is 0.257 e. The second-order valence-electron chi connectivity index (χ2n) is 5.74. The van der Waals surface area contributed by atoms with E-state index in [0.29, 0.717) is 0 Å². The first-order valence-electron chi connectivity index (χ1n) is 6.94. The van der Waals surface area contributed by atoms with Gasteiger partial charge in [-0.1, -0.05) is 52.3 Å². The third-order valence-corrected chi connectivity index (χ3v) is 2.91. The van der Waals surface area contributed by atoms with Crippen molar-refractivity contribution in [2.24, 2.45) is 0 Å². The topological polar surface area (TPSA) is 38.3 Å². The number of nitrogens with one attached hydrogen (secondary N) is 1. The summed E-state index contributed by atoms with van der Waals surface area (Å²) in [6.45, 7) is 9.31. The molecule has 0 aliphatic heterocycles. The van der Waals surface area contributed by atoms with Crippen LogP contribution in [0.25, 0.3) is 0 Å². The smallest absolute Gasteiger partial charge is 0.257 e. The van der Waals surface area contributed by atoms with Crippen LogP contribution in [0.5, 0.6) is 5.75 Å². The minimum Gasteiger partial charge on any atom is -0.483 e. The van der Waals surface area contributed by atoms with E-state index in [0.717, 1.165) is 30.7 Å². The number of benzene rings is 1. The number of hydrogen-bond donors (Lipinski definition) is 1. The van der Waals surface area contributed by atoms with E-state index < -0.39 is 0 Å². The third kappa shape index (κ3) is 5.33. The fraction of sp³-hybridized carbons (Fsp3) is 0.562. The largest absolute Gasteiger partial charge is 0.483 e. The lowest BCUT2D eigenvalue weighted by Crippen LogP contribution is -2.30. The minimum absolute atomic E-state index is 0.00921. The number of carbonyl (C=O) groups excluding carboxylic acids is 1. The van der Waals surface area contributed by atoms with Crippen molar-refractivity contribution in [1.29, 1.82) is 0 Å². The zero-order valence-electron chi connectivity index (χ0n) is 12.5. The molecule has 19 heavy (non-hydrogen) atoms. The van der Waals surface area contributed by atoms with Crippen molar-refractivity contribution in [1.82, 2.24) is 5.32 Å². The molecule has 0 atom stereocenters. The predicted molar refractivity (Wildman–Crippen MR) is 78.6 cm³/mol. The molecule has 0 radical (unpaired) electrons. The van der Waals surface area contributed by atoms with E-state index in [4.69, 9.17) is 4.74 Å². The van der Waals surface area contributed by atoms with Crippen molar-refractivity contribution in [3.8, 4) is 5.75 Å². The lowest BCUT2D eigenvalue weighted by molar-refractivity contribution is -0.123. The van der Waals surface area contributed by atoms with Gasteiger partial charge >= 0.3 is 0 Å². The lowest BCUT2D eigenvalue weighted by atomic mass is 9.86. The first-order chi connectivity index (χ1) is 8.95. The maximum atomic E-state index is 11.6. The Morgan fingerprint density at radius 1 is 1.26 bits per heavy atom. The molecule has 0 saturated heterocycles. The van der Waals surface area contributed by atoms with Gasteiger partial charge in [0.05, 0.1) is 0 Å². The molecule has 0 saturated carbocycles. The fourth-order valence-corrected chi connectivity index (χ4v) is 1.81.